The van der Waals surface area contributed by atoms with E-state index in [1.165, 1.54) is 7.11 Å². The van der Waals surface area contributed by atoms with Crippen LogP contribution in [-0.2, 0) is 9.53 Å². The van der Waals surface area contributed by atoms with Gasteiger partial charge in [-0.3, -0.25) is 14.5 Å². The lowest BCUT2D eigenvalue weighted by Gasteiger charge is -2.43. The Labute approximate surface area is 227 Å². The number of nitrogens with zero attached hydrogens (tertiary/aromatic N) is 2. The van der Waals surface area contributed by atoms with Crippen LogP contribution in [0.1, 0.15) is 55.3 Å². The van der Waals surface area contributed by atoms with Gasteiger partial charge in [0.2, 0.25) is 0 Å². The van der Waals surface area contributed by atoms with Crippen LogP contribution in [0.3, 0.4) is 0 Å². The summed E-state index contributed by atoms with van der Waals surface area (Å²) in [4.78, 5) is 29.7. The fourth-order valence-electron chi connectivity index (χ4n) is 5.58. The number of nitrogens with two attached hydrogens (primary N) is 1. The number of fused-ring (bicyclic) bond motifs is 3. The summed E-state index contributed by atoms with van der Waals surface area (Å²) < 4.78 is 11.9. The molecular formula is C26H39IN4O5. The van der Waals surface area contributed by atoms with Gasteiger partial charge >= 0.3 is 5.97 Å². The molecule has 1 aromatic carbocycles. The lowest BCUT2D eigenvalue weighted by Crippen LogP contribution is -2.54. The number of methoxy groups -OCH3 is 1. The van der Waals surface area contributed by atoms with Crippen LogP contribution in [0.25, 0.3) is 0 Å². The van der Waals surface area contributed by atoms with Crippen molar-refractivity contribution in [1.82, 2.24) is 15.1 Å². The smallest absolute Gasteiger partial charge is 0.306 e. The van der Waals surface area contributed by atoms with Gasteiger partial charge in [-0.2, -0.15) is 0 Å². The Morgan fingerprint density at radius 3 is 2.58 bits per heavy atom. The number of benzene rings is 1. The highest BCUT2D eigenvalue weighted by Gasteiger charge is 2.36. The molecule has 2 bridgehead atoms. The zero-order chi connectivity index (χ0) is 25.7. The van der Waals surface area contributed by atoms with Gasteiger partial charge in [0.05, 0.1) is 24.8 Å². The Morgan fingerprint density at radius 2 is 1.92 bits per heavy atom. The number of hydrogen-bond acceptors (Lipinski definition) is 8. The first-order valence-electron chi connectivity index (χ1n) is 13.1. The number of anilines is 1. The summed E-state index contributed by atoms with van der Waals surface area (Å²) in [5.41, 5.74) is 6.89. The van der Waals surface area contributed by atoms with Crippen LogP contribution in [0, 0.1) is 9.49 Å². The second-order valence-electron chi connectivity index (χ2n) is 10.3. The molecule has 0 saturated carbocycles. The molecule has 36 heavy (non-hydrogen) atoms. The molecule has 10 heteroatoms. The second kappa shape index (κ2) is 12.7. The zero-order valence-corrected chi connectivity index (χ0v) is 23.2. The molecule has 4 heterocycles. The maximum absolute atomic E-state index is 12.8. The SMILES string of the molecule is COc1cc(N)c(I)cc1C(=O)N[C@@H]1CCN(CCCCCC(=O)OC2CN3CCC2CC3)C[C@@H]1O. The third kappa shape index (κ3) is 7.02. The number of rotatable bonds is 10. The van der Waals surface area contributed by atoms with E-state index in [1.807, 2.05) is 0 Å². The van der Waals surface area contributed by atoms with Crippen molar-refractivity contribution in [2.24, 2.45) is 5.92 Å². The number of amides is 1. The van der Waals surface area contributed by atoms with Gasteiger partial charge in [0, 0.05) is 41.4 Å². The van der Waals surface area contributed by atoms with Crippen LogP contribution in [0.5, 0.6) is 5.75 Å². The monoisotopic (exact) mass is 614 g/mol. The van der Waals surface area contributed by atoms with E-state index in [0.717, 1.165) is 68.4 Å². The van der Waals surface area contributed by atoms with E-state index in [9.17, 15) is 14.7 Å². The number of halogens is 1. The average Bonchev–Trinajstić information content (AvgIpc) is 2.87. The summed E-state index contributed by atoms with van der Waals surface area (Å²) in [5.74, 6) is 0.640. The molecule has 0 spiro atoms. The lowest BCUT2D eigenvalue weighted by atomic mass is 9.86. The third-order valence-electron chi connectivity index (χ3n) is 7.78. The zero-order valence-electron chi connectivity index (χ0n) is 21.1. The molecule has 4 aliphatic rings. The molecule has 1 amide bonds. The first-order valence-corrected chi connectivity index (χ1v) is 14.2. The number of nitrogens with one attached hydrogen (secondary N) is 1. The molecule has 0 radical (unpaired) electrons. The van der Waals surface area contributed by atoms with Crippen LogP contribution in [0.15, 0.2) is 12.1 Å². The molecule has 1 aromatic rings. The van der Waals surface area contributed by atoms with Gasteiger partial charge in [-0.05, 0) is 86.3 Å². The number of aliphatic hydroxyl groups excluding tert-OH is 1. The standard InChI is InChI=1S/C26H39IN4O5/c1-35-23-14-20(28)19(27)13-18(23)26(34)29-21-8-12-30(15-22(21)32)9-4-2-3-5-25(33)36-24-16-31-10-6-17(24)7-11-31/h13-14,17,21-22,24,32H,2-12,15-16,28H2,1H3,(H,29,34)/t21-,22+,24?/m1/s1. The van der Waals surface area contributed by atoms with E-state index in [0.29, 0.717) is 42.3 Å². The predicted octanol–water partition coefficient (Wildman–Crippen LogP) is 2.24. The van der Waals surface area contributed by atoms with Crippen LogP contribution < -0.4 is 15.8 Å². The van der Waals surface area contributed by atoms with Gasteiger partial charge in [-0.1, -0.05) is 6.42 Å². The molecule has 4 aliphatic heterocycles. The Kier molecular flexibility index (Phi) is 9.71. The van der Waals surface area contributed by atoms with Crippen LogP contribution in [0.2, 0.25) is 0 Å². The van der Waals surface area contributed by atoms with Crippen molar-refractivity contribution < 1.29 is 24.2 Å². The number of β-amino-alcohol motifs (C(OH)–C–C–N with tert-alkyl or cyclic N) is 1. The predicted molar refractivity (Wildman–Crippen MR) is 146 cm³/mol. The summed E-state index contributed by atoms with van der Waals surface area (Å²) in [6.07, 6.45) is 5.66. The maximum Gasteiger partial charge on any atom is 0.306 e. The quantitative estimate of drug-likeness (QED) is 0.159. The fraction of sp³-hybridized carbons (Fsp3) is 0.692. The molecule has 5 rings (SSSR count). The molecule has 0 aliphatic carbocycles. The largest absolute Gasteiger partial charge is 0.496 e. The number of likely N-dealkylation sites (tertiary alicyclic amines) is 1. The number of nitrogen functional groups attached to an aromatic ring is 1. The molecule has 4 saturated heterocycles. The second-order valence-corrected chi connectivity index (χ2v) is 11.4. The van der Waals surface area contributed by atoms with Crippen molar-refractivity contribution in [1.29, 1.82) is 0 Å². The molecule has 4 N–H and O–H groups in total. The van der Waals surface area contributed by atoms with E-state index < -0.39 is 6.10 Å². The number of carbonyl (C=O) groups excluding carboxylic acids is 2. The minimum absolute atomic E-state index is 0.0619. The van der Waals surface area contributed by atoms with E-state index in [1.54, 1.807) is 12.1 Å². The highest BCUT2D eigenvalue weighted by Crippen LogP contribution is 2.30. The molecular weight excluding hydrogens is 575 g/mol. The molecule has 0 aromatic heterocycles. The van der Waals surface area contributed by atoms with Crippen LogP contribution in [0.4, 0.5) is 5.69 Å². The summed E-state index contributed by atoms with van der Waals surface area (Å²) >= 11 is 2.09. The third-order valence-corrected chi connectivity index (χ3v) is 8.71. The number of carbonyl (C=O) groups is 2. The van der Waals surface area contributed by atoms with Crippen molar-refractivity contribution in [2.45, 2.75) is 63.2 Å². The van der Waals surface area contributed by atoms with Gasteiger partial charge in [-0.25, -0.2) is 0 Å². The topological polar surface area (TPSA) is 117 Å². The minimum Gasteiger partial charge on any atom is -0.496 e. The van der Waals surface area contributed by atoms with Crippen LogP contribution in [-0.4, -0.2) is 91.4 Å². The Balaban J connectivity index is 1.12. The normalized spacial score (nSPS) is 28.0. The van der Waals surface area contributed by atoms with E-state index in [-0.39, 0.29) is 24.0 Å². The molecule has 200 valence electrons. The van der Waals surface area contributed by atoms with Crippen molar-refractivity contribution in [3.05, 3.63) is 21.3 Å². The summed E-state index contributed by atoms with van der Waals surface area (Å²) in [5, 5.41) is 13.6. The van der Waals surface area contributed by atoms with Gasteiger partial charge in [0.1, 0.15) is 11.9 Å². The number of piperidine rings is 4. The van der Waals surface area contributed by atoms with Gasteiger partial charge < -0.3 is 30.5 Å². The maximum atomic E-state index is 12.8. The van der Waals surface area contributed by atoms with Crippen molar-refractivity contribution in [3.8, 4) is 5.75 Å². The Morgan fingerprint density at radius 1 is 1.14 bits per heavy atom. The highest BCUT2D eigenvalue weighted by molar-refractivity contribution is 14.1. The average molecular weight is 615 g/mol. The molecule has 1 unspecified atom stereocenters. The minimum atomic E-state index is -0.641. The van der Waals surface area contributed by atoms with E-state index in [2.05, 4.69) is 37.7 Å². The molecule has 9 nitrogen and oxygen atoms in total. The first kappa shape index (κ1) is 27.4. The number of unbranched alkanes of at least 4 members (excludes halogenated alkanes) is 2. The number of hydrogen-bond donors (Lipinski definition) is 3. The Bertz CT molecular complexity index is 924. The Hall–Kier alpha value is -1.63. The lowest BCUT2D eigenvalue weighted by molar-refractivity contribution is -0.158. The number of esters is 1. The van der Waals surface area contributed by atoms with E-state index >= 15 is 0 Å². The summed E-state index contributed by atoms with van der Waals surface area (Å²) in [6.45, 7) is 5.39. The van der Waals surface area contributed by atoms with Crippen molar-refractivity contribution in [2.75, 3.05) is 52.1 Å². The first-order chi connectivity index (χ1) is 17.3. The number of ether oxygens (including phenoxy) is 2. The van der Waals surface area contributed by atoms with Gasteiger partial charge in [0.25, 0.3) is 5.91 Å². The van der Waals surface area contributed by atoms with Gasteiger partial charge in [0.15, 0.2) is 0 Å². The van der Waals surface area contributed by atoms with E-state index in [4.69, 9.17) is 15.2 Å². The number of aliphatic hydroxyl groups is 1. The molecule has 4 fully saturated rings. The van der Waals surface area contributed by atoms with Crippen LogP contribution >= 0.6 is 22.6 Å². The molecule has 3 atom stereocenters. The van der Waals surface area contributed by atoms with Crippen molar-refractivity contribution >= 4 is 40.2 Å². The summed E-state index contributed by atoms with van der Waals surface area (Å²) in [7, 11) is 1.51. The fourth-order valence-corrected chi connectivity index (χ4v) is 6.05. The highest BCUT2D eigenvalue weighted by atomic mass is 127. The van der Waals surface area contributed by atoms with Gasteiger partial charge in [-0.15, -0.1) is 0 Å². The summed E-state index contributed by atoms with van der Waals surface area (Å²) in [6, 6.07) is 3.04. The van der Waals surface area contributed by atoms with Crippen molar-refractivity contribution in [3.63, 3.8) is 0 Å².